The fourth-order valence-corrected chi connectivity index (χ4v) is 2.43. The van der Waals surface area contributed by atoms with Crippen molar-refractivity contribution < 1.29 is 4.74 Å². The Morgan fingerprint density at radius 3 is 2.82 bits per heavy atom. The van der Waals surface area contributed by atoms with Gasteiger partial charge in [0.05, 0.1) is 7.11 Å². The summed E-state index contributed by atoms with van der Waals surface area (Å²) in [6.07, 6.45) is 0.995. The molecule has 2 aromatic rings. The lowest BCUT2D eigenvalue weighted by molar-refractivity contribution is 0.409. The second kappa shape index (κ2) is 6.42. The van der Waals surface area contributed by atoms with E-state index in [2.05, 4.69) is 35.0 Å². The highest BCUT2D eigenvalue weighted by Gasteiger charge is 2.00. The molecule has 2 rings (SSSR count). The summed E-state index contributed by atoms with van der Waals surface area (Å²) in [5, 5.41) is 5.55. The van der Waals surface area contributed by atoms with Crippen LogP contribution in [0, 0.1) is 0 Å². The molecule has 0 bridgehead atoms. The first kappa shape index (κ1) is 12.1. The average Bonchev–Trinajstić information content (AvgIpc) is 2.88. The lowest BCUT2D eigenvalue weighted by atomic mass is 10.1. The third kappa shape index (κ3) is 3.58. The number of benzene rings is 1. The summed E-state index contributed by atoms with van der Waals surface area (Å²) in [7, 11) is 1.72. The van der Waals surface area contributed by atoms with Crippen LogP contribution in [0.1, 0.15) is 10.4 Å². The van der Waals surface area contributed by atoms with E-state index in [1.165, 1.54) is 10.4 Å². The summed E-state index contributed by atoms with van der Waals surface area (Å²) in [6, 6.07) is 12.4. The minimum absolute atomic E-state index is 0.951. The largest absolute Gasteiger partial charge is 0.496 e. The minimum atomic E-state index is 0.951. The summed E-state index contributed by atoms with van der Waals surface area (Å²) in [4.78, 5) is 1.38. The maximum Gasteiger partial charge on any atom is 0.122 e. The first-order chi connectivity index (χ1) is 8.40. The second-order valence-electron chi connectivity index (χ2n) is 3.82. The van der Waals surface area contributed by atoms with Crippen LogP contribution in [0.15, 0.2) is 41.8 Å². The van der Waals surface area contributed by atoms with E-state index in [1.54, 1.807) is 18.4 Å². The fourth-order valence-electron chi connectivity index (χ4n) is 1.76. The Morgan fingerprint density at radius 1 is 1.18 bits per heavy atom. The first-order valence-corrected chi connectivity index (χ1v) is 6.63. The number of rotatable bonds is 6. The maximum atomic E-state index is 5.32. The number of ether oxygens (including phenoxy) is 1. The molecule has 3 heteroatoms. The van der Waals surface area contributed by atoms with E-state index in [4.69, 9.17) is 4.74 Å². The van der Waals surface area contributed by atoms with Gasteiger partial charge in [-0.05, 0) is 36.0 Å². The molecular formula is C14H17NOS. The van der Waals surface area contributed by atoms with Crippen molar-refractivity contribution in [1.29, 1.82) is 0 Å². The summed E-state index contributed by atoms with van der Waals surface area (Å²) < 4.78 is 5.32. The van der Waals surface area contributed by atoms with Gasteiger partial charge in [0.15, 0.2) is 0 Å². The lowest BCUT2D eigenvalue weighted by Crippen LogP contribution is -2.16. The number of thiophene rings is 1. The summed E-state index contributed by atoms with van der Waals surface area (Å²) in [6.45, 7) is 1.92. The van der Waals surface area contributed by atoms with Crippen LogP contribution in [0.25, 0.3) is 0 Å². The summed E-state index contributed by atoms with van der Waals surface area (Å²) in [5.41, 5.74) is 1.26. The van der Waals surface area contributed by atoms with Gasteiger partial charge in [-0.3, -0.25) is 0 Å². The van der Waals surface area contributed by atoms with E-state index < -0.39 is 0 Å². The van der Waals surface area contributed by atoms with Crippen molar-refractivity contribution in [3.8, 4) is 5.75 Å². The van der Waals surface area contributed by atoms with Crippen molar-refractivity contribution in [2.24, 2.45) is 0 Å². The predicted molar refractivity (Wildman–Crippen MR) is 72.7 cm³/mol. The average molecular weight is 247 g/mol. The molecule has 0 fully saturated rings. The molecule has 0 aliphatic rings. The van der Waals surface area contributed by atoms with Gasteiger partial charge in [0.25, 0.3) is 0 Å². The molecule has 1 aromatic carbocycles. The molecule has 0 aliphatic carbocycles. The van der Waals surface area contributed by atoms with Crippen molar-refractivity contribution in [2.45, 2.75) is 13.0 Å². The van der Waals surface area contributed by atoms with Crippen LogP contribution in [0.2, 0.25) is 0 Å². The van der Waals surface area contributed by atoms with Crippen LogP contribution in [0.3, 0.4) is 0 Å². The smallest absolute Gasteiger partial charge is 0.122 e. The van der Waals surface area contributed by atoms with E-state index in [1.807, 2.05) is 12.1 Å². The van der Waals surface area contributed by atoms with Crippen LogP contribution in [0.4, 0.5) is 0 Å². The van der Waals surface area contributed by atoms with Gasteiger partial charge >= 0.3 is 0 Å². The Kier molecular flexibility index (Phi) is 4.59. The standard InChI is InChI=1S/C14H17NOS/c1-16-14-7-3-2-5-12(14)8-9-15-11-13-6-4-10-17-13/h2-7,10,15H,8-9,11H2,1H3. The van der Waals surface area contributed by atoms with E-state index in [9.17, 15) is 0 Å². The van der Waals surface area contributed by atoms with Gasteiger partial charge in [-0.25, -0.2) is 0 Å². The number of hydrogen-bond donors (Lipinski definition) is 1. The van der Waals surface area contributed by atoms with Gasteiger partial charge < -0.3 is 10.1 Å². The molecule has 0 amide bonds. The van der Waals surface area contributed by atoms with Crippen LogP contribution >= 0.6 is 11.3 Å². The van der Waals surface area contributed by atoms with E-state index in [0.29, 0.717) is 0 Å². The zero-order valence-corrected chi connectivity index (χ0v) is 10.8. The van der Waals surface area contributed by atoms with Crippen LogP contribution in [-0.2, 0) is 13.0 Å². The second-order valence-corrected chi connectivity index (χ2v) is 4.85. The SMILES string of the molecule is COc1ccccc1CCNCc1cccs1. The summed E-state index contributed by atoms with van der Waals surface area (Å²) in [5.74, 6) is 0.977. The summed E-state index contributed by atoms with van der Waals surface area (Å²) >= 11 is 1.79. The van der Waals surface area contributed by atoms with E-state index in [0.717, 1.165) is 25.3 Å². The Hall–Kier alpha value is -1.32. The van der Waals surface area contributed by atoms with Crippen LogP contribution in [0.5, 0.6) is 5.75 Å². The molecular weight excluding hydrogens is 230 g/mol. The number of nitrogens with one attached hydrogen (secondary N) is 1. The lowest BCUT2D eigenvalue weighted by Gasteiger charge is -2.08. The Balaban J connectivity index is 1.78. The van der Waals surface area contributed by atoms with Crippen LogP contribution < -0.4 is 10.1 Å². The van der Waals surface area contributed by atoms with Gasteiger partial charge in [0, 0.05) is 11.4 Å². The molecule has 0 saturated heterocycles. The Morgan fingerprint density at radius 2 is 2.06 bits per heavy atom. The third-order valence-electron chi connectivity index (χ3n) is 2.64. The van der Waals surface area contributed by atoms with Crippen molar-refractivity contribution in [1.82, 2.24) is 5.32 Å². The van der Waals surface area contributed by atoms with Crippen LogP contribution in [-0.4, -0.2) is 13.7 Å². The Bertz CT molecular complexity index is 439. The highest BCUT2D eigenvalue weighted by Crippen LogP contribution is 2.17. The van der Waals surface area contributed by atoms with Gasteiger partial charge in [-0.1, -0.05) is 24.3 Å². The molecule has 1 heterocycles. The predicted octanol–water partition coefficient (Wildman–Crippen LogP) is 3.09. The molecule has 1 N–H and O–H groups in total. The number of hydrogen-bond acceptors (Lipinski definition) is 3. The zero-order valence-electron chi connectivity index (χ0n) is 9.98. The van der Waals surface area contributed by atoms with E-state index >= 15 is 0 Å². The normalized spacial score (nSPS) is 10.4. The number of para-hydroxylation sites is 1. The molecule has 90 valence electrons. The quantitative estimate of drug-likeness (QED) is 0.792. The molecule has 0 aliphatic heterocycles. The topological polar surface area (TPSA) is 21.3 Å². The van der Waals surface area contributed by atoms with Crippen molar-refractivity contribution in [3.63, 3.8) is 0 Å². The Labute approximate surface area is 106 Å². The van der Waals surface area contributed by atoms with Crippen molar-refractivity contribution >= 4 is 11.3 Å². The molecule has 0 atom stereocenters. The molecule has 0 radical (unpaired) electrons. The molecule has 17 heavy (non-hydrogen) atoms. The van der Waals surface area contributed by atoms with E-state index in [-0.39, 0.29) is 0 Å². The van der Waals surface area contributed by atoms with Gasteiger partial charge in [0.2, 0.25) is 0 Å². The van der Waals surface area contributed by atoms with Gasteiger partial charge in [0.1, 0.15) is 5.75 Å². The zero-order chi connectivity index (χ0) is 11.9. The highest BCUT2D eigenvalue weighted by molar-refractivity contribution is 7.09. The van der Waals surface area contributed by atoms with Crippen molar-refractivity contribution in [2.75, 3.05) is 13.7 Å². The van der Waals surface area contributed by atoms with Crippen molar-refractivity contribution in [3.05, 3.63) is 52.2 Å². The maximum absolute atomic E-state index is 5.32. The first-order valence-electron chi connectivity index (χ1n) is 5.75. The van der Waals surface area contributed by atoms with Gasteiger partial charge in [-0.15, -0.1) is 11.3 Å². The fraction of sp³-hybridized carbons (Fsp3) is 0.286. The number of methoxy groups -OCH3 is 1. The molecule has 0 saturated carbocycles. The monoisotopic (exact) mass is 247 g/mol. The molecule has 0 spiro atoms. The molecule has 0 unspecified atom stereocenters. The molecule has 1 aromatic heterocycles. The highest BCUT2D eigenvalue weighted by atomic mass is 32.1. The molecule has 2 nitrogen and oxygen atoms in total. The minimum Gasteiger partial charge on any atom is -0.496 e. The third-order valence-corrected chi connectivity index (χ3v) is 3.52. The van der Waals surface area contributed by atoms with Gasteiger partial charge in [-0.2, -0.15) is 0 Å².